The van der Waals surface area contributed by atoms with Crippen LogP contribution in [0.3, 0.4) is 0 Å². The molecule has 0 bridgehead atoms. The summed E-state index contributed by atoms with van der Waals surface area (Å²) in [5.74, 6) is 2.29. The van der Waals surface area contributed by atoms with Gasteiger partial charge in [0.2, 0.25) is 10.0 Å². The van der Waals surface area contributed by atoms with E-state index in [0.29, 0.717) is 5.92 Å². The van der Waals surface area contributed by atoms with Gasteiger partial charge in [0.15, 0.2) is 0 Å². The van der Waals surface area contributed by atoms with Crippen LogP contribution in [0, 0.1) is 19.8 Å². The summed E-state index contributed by atoms with van der Waals surface area (Å²) in [6.45, 7) is 5.74. The van der Waals surface area contributed by atoms with Gasteiger partial charge in [-0.1, -0.05) is 34.1 Å². The molecule has 1 fully saturated rings. The van der Waals surface area contributed by atoms with Crippen molar-refractivity contribution in [2.75, 3.05) is 23.4 Å². The average Bonchev–Trinajstić information content (AvgIpc) is 2.69. The summed E-state index contributed by atoms with van der Waals surface area (Å²) in [7, 11) is -3.12. The fourth-order valence-electron chi connectivity index (χ4n) is 3.86. The van der Waals surface area contributed by atoms with E-state index in [2.05, 4.69) is 63.3 Å². The van der Waals surface area contributed by atoms with E-state index >= 15 is 0 Å². The Morgan fingerprint density at radius 2 is 1.80 bits per heavy atom. The molecule has 1 aromatic carbocycles. The Labute approximate surface area is 188 Å². The average molecular weight is 495 g/mol. The molecule has 8 heteroatoms. The zero-order chi connectivity index (χ0) is 21.7. The zero-order valence-electron chi connectivity index (χ0n) is 17.8. The quantitative estimate of drug-likeness (QED) is 0.499. The monoisotopic (exact) mass is 494 g/mol. The third kappa shape index (κ3) is 6.68. The van der Waals surface area contributed by atoms with Gasteiger partial charge >= 0.3 is 0 Å². The van der Waals surface area contributed by atoms with Crippen LogP contribution in [0.25, 0.3) is 0 Å². The lowest BCUT2D eigenvalue weighted by Crippen LogP contribution is -2.37. The molecule has 30 heavy (non-hydrogen) atoms. The van der Waals surface area contributed by atoms with Crippen molar-refractivity contribution in [2.45, 2.75) is 52.1 Å². The summed E-state index contributed by atoms with van der Waals surface area (Å²) < 4.78 is 26.6. The van der Waals surface area contributed by atoms with Crippen molar-refractivity contribution >= 4 is 37.6 Å². The summed E-state index contributed by atoms with van der Waals surface area (Å²) in [5, 5.41) is 6.93. The van der Waals surface area contributed by atoms with Gasteiger partial charge in [-0.25, -0.2) is 18.1 Å². The first-order valence-electron chi connectivity index (χ1n) is 10.4. The van der Waals surface area contributed by atoms with Gasteiger partial charge in [0.05, 0.1) is 6.26 Å². The third-order valence-corrected chi connectivity index (χ3v) is 7.34. The molecule has 1 aromatic heterocycles. The Kier molecular flexibility index (Phi) is 7.76. The first-order valence-corrected chi connectivity index (χ1v) is 13.1. The van der Waals surface area contributed by atoms with E-state index in [0.717, 1.165) is 60.4 Å². The van der Waals surface area contributed by atoms with E-state index in [1.54, 1.807) is 0 Å². The Bertz CT molecular complexity index is 973. The van der Waals surface area contributed by atoms with E-state index in [-0.39, 0.29) is 6.04 Å². The Balaban J connectivity index is 1.53. The Morgan fingerprint density at radius 3 is 2.50 bits per heavy atom. The molecule has 3 rings (SSSR count). The van der Waals surface area contributed by atoms with Crippen molar-refractivity contribution in [1.82, 2.24) is 9.71 Å². The van der Waals surface area contributed by atoms with Crippen molar-refractivity contribution in [1.29, 1.82) is 0 Å². The van der Waals surface area contributed by atoms with Crippen molar-refractivity contribution in [3.8, 4) is 0 Å². The molecule has 1 aliphatic carbocycles. The van der Waals surface area contributed by atoms with Crippen LogP contribution in [0.4, 0.5) is 11.6 Å². The van der Waals surface area contributed by atoms with Gasteiger partial charge in [-0.2, -0.15) is 0 Å². The number of rotatable bonds is 8. The van der Waals surface area contributed by atoms with E-state index in [1.165, 1.54) is 17.4 Å². The maximum Gasteiger partial charge on any atom is 0.208 e. The van der Waals surface area contributed by atoms with E-state index in [4.69, 9.17) is 4.98 Å². The first kappa shape index (κ1) is 23.0. The number of aromatic nitrogens is 1. The van der Waals surface area contributed by atoms with Crippen LogP contribution in [0.5, 0.6) is 0 Å². The minimum absolute atomic E-state index is 0.0742. The summed E-state index contributed by atoms with van der Waals surface area (Å²) in [5.41, 5.74) is 3.59. The molecule has 2 aromatic rings. The molecule has 0 spiro atoms. The normalized spacial score (nSPS) is 19.5. The van der Waals surface area contributed by atoms with Gasteiger partial charge in [-0.3, -0.25) is 0 Å². The number of nitrogens with zero attached hydrogens (tertiary/aromatic N) is 1. The fraction of sp³-hybridized carbons (Fsp3) is 0.500. The van der Waals surface area contributed by atoms with Crippen LogP contribution >= 0.6 is 15.9 Å². The number of anilines is 2. The lowest BCUT2D eigenvalue weighted by atomic mass is 9.86. The maximum atomic E-state index is 11.4. The lowest BCUT2D eigenvalue weighted by Gasteiger charge is -2.29. The minimum atomic E-state index is -3.12. The van der Waals surface area contributed by atoms with Gasteiger partial charge in [-0.15, -0.1) is 0 Å². The molecule has 1 heterocycles. The molecule has 0 saturated heterocycles. The highest BCUT2D eigenvalue weighted by molar-refractivity contribution is 9.10. The number of halogens is 1. The highest BCUT2D eigenvalue weighted by Crippen LogP contribution is 2.26. The molecule has 3 N–H and O–H groups in total. The van der Waals surface area contributed by atoms with Crippen LogP contribution in [0.15, 0.2) is 34.8 Å². The van der Waals surface area contributed by atoms with Gasteiger partial charge in [-0.05, 0) is 74.3 Å². The van der Waals surface area contributed by atoms with Crippen LogP contribution < -0.4 is 15.4 Å². The number of hydrogen-bond donors (Lipinski definition) is 3. The van der Waals surface area contributed by atoms with E-state index in [1.807, 2.05) is 12.1 Å². The van der Waals surface area contributed by atoms with Crippen LogP contribution in [-0.2, 0) is 16.6 Å². The molecule has 0 radical (unpaired) electrons. The van der Waals surface area contributed by atoms with E-state index in [9.17, 15) is 8.42 Å². The number of aryl methyl sites for hydroxylation is 1. The topological polar surface area (TPSA) is 83.1 Å². The fourth-order valence-corrected chi connectivity index (χ4v) is 5.11. The van der Waals surface area contributed by atoms with Crippen molar-refractivity contribution < 1.29 is 8.42 Å². The molecule has 1 saturated carbocycles. The predicted octanol–water partition coefficient (Wildman–Crippen LogP) is 4.59. The van der Waals surface area contributed by atoms with Crippen LogP contribution in [-0.4, -0.2) is 32.2 Å². The molecular weight excluding hydrogens is 464 g/mol. The summed E-state index contributed by atoms with van der Waals surface area (Å²) in [6, 6.07) is 10.4. The molecule has 0 unspecified atom stereocenters. The standard InChI is InChI=1S/C22H31BrN4O2S/c1-15-7-12-21(24-14-18-5-4-6-20(23)16(18)2)26-22(15)25-13-17-8-10-19(11-9-17)27-30(3,28)29/h4-7,12,17,19,27H,8-11,13-14H2,1-3H3,(H2,24,25,26). The van der Waals surface area contributed by atoms with E-state index < -0.39 is 10.0 Å². The molecular formula is C22H31BrN4O2S. The van der Waals surface area contributed by atoms with Gasteiger partial charge in [0, 0.05) is 23.6 Å². The van der Waals surface area contributed by atoms with Gasteiger partial charge in [0.1, 0.15) is 11.6 Å². The zero-order valence-corrected chi connectivity index (χ0v) is 20.2. The second kappa shape index (κ2) is 10.1. The smallest absolute Gasteiger partial charge is 0.208 e. The maximum absolute atomic E-state index is 11.4. The largest absolute Gasteiger partial charge is 0.370 e. The third-order valence-electron chi connectivity index (χ3n) is 5.72. The second-order valence-corrected chi connectivity index (χ2v) is 10.9. The minimum Gasteiger partial charge on any atom is -0.370 e. The van der Waals surface area contributed by atoms with Gasteiger partial charge in [0.25, 0.3) is 0 Å². The molecule has 164 valence electrons. The summed E-state index contributed by atoms with van der Waals surface area (Å²) in [4.78, 5) is 4.76. The molecule has 6 nitrogen and oxygen atoms in total. The highest BCUT2D eigenvalue weighted by Gasteiger charge is 2.23. The number of pyridine rings is 1. The number of hydrogen-bond acceptors (Lipinski definition) is 5. The number of nitrogens with one attached hydrogen (secondary N) is 3. The Hall–Kier alpha value is -1.64. The summed E-state index contributed by atoms with van der Waals surface area (Å²) >= 11 is 3.58. The summed E-state index contributed by atoms with van der Waals surface area (Å²) in [6.07, 6.45) is 5.03. The molecule has 0 amide bonds. The predicted molar refractivity (Wildman–Crippen MR) is 127 cm³/mol. The van der Waals surface area contributed by atoms with Crippen molar-refractivity contribution in [3.05, 3.63) is 51.5 Å². The molecule has 0 atom stereocenters. The highest BCUT2D eigenvalue weighted by atomic mass is 79.9. The second-order valence-electron chi connectivity index (χ2n) is 8.23. The van der Waals surface area contributed by atoms with Crippen molar-refractivity contribution in [2.24, 2.45) is 5.92 Å². The molecule has 1 aliphatic rings. The number of sulfonamides is 1. The first-order chi connectivity index (χ1) is 14.2. The molecule has 0 aliphatic heterocycles. The van der Waals surface area contributed by atoms with Crippen LogP contribution in [0.2, 0.25) is 0 Å². The van der Waals surface area contributed by atoms with Crippen LogP contribution in [0.1, 0.15) is 42.4 Å². The number of benzene rings is 1. The van der Waals surface area contributed by atoms with Gasteiger partial charge < -0.3 is 10.6 Å². The van der Waals surface area contributed by atoms with Crippen molar-refractivity contribution in [3.63, 3.8) is 0 Å². The SMILES string of the molecule is Cc1ccc(NCc2cccc(Br)c2C)nc1NCC1CCC(NS(C)(=O)=O)CC1. The lowest BCUT2D eigenvalue weighted by molar-refractivity contribution is 0.324. The Morgan fingerprint density at radius 1 is 1.07 bits per heavy atom.